The molecule has 0 amide bonds. The van der Waals surface area contributed by atoms with Crippen molar-refractivity contribution in [2.24, 2.45) is 0 Å². The van der Waals surface area contributed by atoms with Crippen molar-refractivity contribution in [3.63, 3.8) is 0 Å². The van der Waals surface area contributed by atoms with E-state index in [4.69, 9.17) is 9.52 Å². The lowest BCUT2D eigenvalue weighted by molar-refractivity contribution is -0.385. The fraction of sp³-hybridized carbons (Fsp3) is 0.0476. The zero-order valence-electron chi connectivity index (χ0n) is 14.7. The molecule has 0 saturated carbocycles. The molecule has 0 radical (unpaired) electrons. The molecule has 0 bridgehead atoms. The molecule has 0 atom stereocenters. The maximum atomic E-state index is 11.1. The molecule has 0 aliphatic carbocycles. The van der Waals surface area contributed by atoms with E-state index >= 15 is 0 Å². The molecule has 1 heterocycles. The molecule has 0 aliphatic heterocycles. The molecule has 28 heavy (non-hydrogen) atoms. The van der Waals surface area contributed by atoms with E-state index in [9.17, 15) is 20.2 Å². The Morgan fingerprint density at radius 1 is 1.14 bits per heavy atom. The van der Waals surface area contributed by atoms with Gasteiger partial charge in [0, 0.05) is 17.2 Å². The molecular weight excluding hydrogens is 360 g/mol. The zero-order chi connectivity index (χ0) is 20.3. The number of furan rings is 1. The molecule has 7 nitrogen and oxygen atoms in total. The van der Waals surface area contributed by atoms with Crippen molar-refractivity contribution < 1.29 is 19.2 Å². The summed E-state index contributed by atoms with van der Waals surface area (Å²) in [6, 6.07) is 16.1. The predicted molar refractivity (Wildman–Crippen MR) is 102 cm³/mol. The van der Waals surface area contributed by atoms with E-state index in [2.05, 4.69) is 6.07 Å². The van der Waals surface area contributed by atoms with E-state index in [0.29, 0.717) is 33.8 Å². The third-order valence-electron chi connectivity index (χ3n) is 4.17. The molecule has 7 heteroatoms. The number of aryl methyl sites for hydroxylation is 1. The third-order valence-corrected chi connectivity index (χ3v) is 4.17. The number of allylic oxidation sites excluding steroid dienone is 1. The first-order chi connectivity index (χ1) is 13.4. The van der Waals surface area contributed by atoms with Crippen molar-refractivity contribution in [3.8, 4) is 17.4 Å². The lowest BCUT2D eigenvalue weighted by Gasteiger charge is -2.01. The second kappa shape index (κ2) is 7.60. The number of carbonyl (C=O) groups is 1. The van der Waals surface area contributed by atoms with Gasteiger partial charge >= 0.3 is 5.97 Å². The number of nitro groups is 1. The fourth-order valence-electron chi connectivity index (χ4n) is 2.66. The molecule has 3 rings (SSSR count). The largest absolute Gasteiger partial charge is 0.478 e. The lowest BCUT2D eigenvalue weighted by atomic mass is 10.0. The van der Waals surface area contributed by atoms with Gasteiger partial charge in [-0.05, 0) is 42.8 Å². The summed E-state index contributed by atoms with van der Waals surface area (Å²) >= 11 is 0. The minimum Gasteiger partial charge on any atom is -0.478 e. The molecule has 3 aromatic rings. The summed E-state index contributed by atoms with van der Waals surface area (Å²) in [6.45, 7) is 1.66. The quantitative estimate of drug-likeness (QED) is 0.384. The highest BCUT2D eigenvalue weighted by atomic mass is 16.6. The summed E-state index contributed by atoms with van der Waals surface area (Å²) in [5.74, 6) is -0.207. The van der Waals surface area contributed by atoms with Crippen LogP contribution in [0.25, 0.3) is 23.0 Å². The van der Waals surface area contributed by atoms with Crippen LogP contribution < -0.4 is 0 Å². The Bertz CT molecular complexity index is 1130. The number of nitriles is 1. The average Bonchev–Trinajstić information content (AvgIpc) is 3.15. The second-order valence-electron chi connectivity index (χ2n) is 6.01. The van der Waals surface area contributed by atoms with Gasteiger partial charge in [-0.15, -0.1) is 0 Å². The normalized spacial score (nSPS) is 11.1. The molecule has 0 aliphatic rings. The van der Waals surface area contributed by atoms with Crippen LogP contribution in [0.5, 0.6) is 0 Å². The van der Waals surface area contributed by atoms with Crippen molar-refractivity contribution in [1.82, 2.24) is 0 Å². The average molecular weight is 374 g/mol. The van der Waals surface area contributed by atoms with E-state index < -0.39 is 10.9 Å². The molecular formula is C21H14N2O5. The maximum Gasteiger partial charge on any atom is 0.335 e. The first-order valence-electron chi connectivity index (χ1n) is 8.20. The second-order valence-corrected chi connectivity index (χ2v) is 6.01. The van der Waals surface area contributed by atoms with E-state index in [-0.39, 0.29) is 11.3 Å². The number of nitro benzene ring substituents is 1. The molecule has 0 spiro atoms. The Kier molecular flexibility index (Phi) is 5.05. The van der Waals surface area contributed by atoms with Crippen LogP contribution in [0.3, 0.4) is 0 Å². The van der Waals surface area contributed by atoms with Gasteiger partial charge in [0.2, 0.25) is 0 Å². The highest BCUT2D eigenvalue weighted by Crippen LogP contribution is 2.29. The van der Waals surface area contributed by atoms with E-state index in [1.54, 1.807) is 43.3 Å². The van der Waals surface area contributed by atoms with Crippen LogP contribution in [-0.2, 0) is 0 Å². The Hall–Kier alpha value is -4.18. The monoisotopic (exact) mass is 374 g/mol. The van der Waals surface area contributed by atoms with Gasteiger partial charge in [-0.25, -0.2) is 4.79 Å². The van der Waals surface area contributed by atoms with E-state index in [0.717, 1.165) is 0 Å². The number of nitrogens with zero attached hydrogens (tertiary/aromatic N) is 2. The zero-order valence-corrected chi connectivity index (χ0v) is 14.7. The topological polar surface area (TPSA) is 117 Å². The van der Waals surface area contributed by atoms with Crippen LogP contribution >= 0.6 is 0 Å². The van der Waals surface area contributed by atoms with Crippen LogP contribution in [-0.4, -0.2) is 16.0 Å². The van der Waals surface area contributed by atoms with Crippen LogP contribution in [0.4, 0.5) is 5.69 Å². The molecule has 0 fully saturated rings. The van der Waals surface area contributed by atoms with Crippen LogP contribution in [0.15, 0.2) is 59.0 Å². The molecule has 0 unspecified atom stereocenters. The standard InChI is InChI=1S/C21H14N2O5/c1-13-2-3-16(11-19(13)23(26)27)20-9-8-18(28-20)10-17(12-22)14-4-6-15(7-5-14)21(24)25/h2-11H,1H3,(H,24,25)/b17-10-. The van der Waals surface area contributed by atoms with Gasteiger partial charge < -0.3 is 9.52 Å². The van der Waals surface area contributed by atoms with Crippen LogP contribution in [0.1, 0.15) is 27.2 Å². The highest BCUT2D eigenvalue weighted by Gasteiger charge is 2.14. The molecule has 0 saturated heterocycles. The van der Waals surface area contributed by atoms with Gasteiger partial charge in [-0.3, -0.25) is 10.1 Å². The minimum atomic E-state index is -1.04. The van der Waals surface area contributed by atoms with Crippen molar-refractivity contribution in [2.45, 2.75) is 6.92 Å². The van der Waals surface area contributed by atoms with Gasteiger partial charge in [-0.1, -0.05) is 24.3 Å². The summed E-state index contributed by atoms with van der Waals surface area (Å²) in [6.07, 6.45) is 1.53. The van der Waals surface area contributed by atoms with Crippen molar-refractivity contribution in [1.29, 1.82) is 5.26 Å². The van der Waals surface area contributed by atoms with Gasteiger partial charge in [-0.2, -0.15) is 5.26 Å². The van der Waals surface area contributed by atoms with Gasteiger partial charge in [0.1, 0.15) is 11.5 Å². The van der Waals surface area contributed by atoms with Crippen LogP contribution in [0.2, 0.25) is 0 Å². The molecule has 138 valence electrons. The van der Waals surface area contributed by atoms with Crippen molar-refractivity contribution in [3.05, 3.63) is 87.2 Å². The Morgan fingerprint density at radius 3 is 2.43 bits per heavy atom. The number of aromatic carboxylic acids is 1. The summed E-state index contributed by atoms with van der Waals surface area (Å²) < 4.78 is 5.72. The predicted octanol–water partition coefficient (Wildman–Crippen LogP) is 4.93. The first-order valence-corrected chi connectivity index (χ1v) is 8.20. The van der Waals surface area contributed by atoms with Crippen molar-refractivity contribution in [2.75, 3.05) is 0 Å². The van der Waals surface area contributed by atoms with Gasteiger partial charge in [0.05, 0.1) is 22.1 Å². The van der Waals surface area contributed by atoms with Crippen molar-refractivity contribution >= 4 is 23.3 Å². The number of hydrogen-bond acceptors (Lipinski definition) is 5. The fourth-order valence-corrected chi connectivity index (χ4v) is 2.66. The Labute approximate surface area is 159 Å². The summed E-state index contributed by atoms with van der Waals surface area (Å²) in [4.78, 5) is 21.6. The molecule has 1 aromatic heterocycles. The number of carboxylic acid groups (broad SMARTS) is 1. The summed E-state index contributed by atoms with van der Waals surface area (Å²) in [5, 5.41) is 29.5. The number of rotatable bonds is 5. The number of hydrogen-bond donors (Lipinski definition) is 1. The van der Waals surface area contributed by atoms with Gasteiger partial charge in [0.25, 0.3) is 5.69 Å². The Morgan fingerprint density at radius 2 is 1.82 bits per heavy atom. The maximum absolute atomic E-state index is 11.1. The number of carboxylic acids is 1. The smallest absolute Gasteiger partial charge is 0.335 e. The van der Waals surface area contributed by atoms with E-state index in [1.807, 2.05) is 0 Å². The summed E-state index contributed by atoms with van der Waals surface area (Å²) in [7, 11) is 0. The SMILES string of the molecule is Cc1ccc(-c2ccc(/C=C(/C#N)c3ccc(C(=O)O)cc3)o2)cc1[N+](=O)[O-]. The molecule has 1 N–H and O–H groups in total. The van der Waals surface area contributed by atoms with Gasteiger partial charge in [0.15, 0.2) is 0 Å². The lowest BCUT2D eigenvalue weighted by Crippen LogP contribution is -1.95. The highest BCUT2D eigenvalue weighted by molar-refractivity contribution is 5.91. The first kappa shape index (κ1) is 18.6. The van der Waals surface area contributed by atoms with E-state index in [1.165, 1.54) is 24.3 Å². The number of benzene rings is 2. The Balaban J connectivity index is 1.92. The summed E-state index contributed by atoms with van der Waals surface area (Å²) in [5.41, 5.74) is 2.09. The minimum absolute atomic E-state index is 0.00206. The third kappa shape index (κ3) is 3.81. The van der Waals surface area contributed by atoms with Crippen LogP contribution in [0, 0.1) is 28.4 Å². The molecule has 2 aromatic carbocycles.